The quantitative estimate of drug-likeness (QED) is 0.835. The molecular weight excluding hydrogens is 198 g/mol. The van der Waals surface area contributed by atoms with Crippen LogP contribution >= 0.6 is 11.6 Å². The lowest BCUT2D eigenvalue weighted by molar-refractivity contribution is 0.418. The number of nitrogens with zero attached hydrogens (tertiary/aromatic N) is 2. The fraction of sp³-hybridized carbons (Fsp3) is 0.700. The van der Waals surface area contributed by atoms with E-state index in [4.69, 9.17) is 11.6 Å². The van der Waals surface area contributed by atoms with Gasteiger partial charge in [0.2, 0.25) is 0 Å². The van der Waals surface area contributed by atoms with Crippen LogP contribution in [0.2, 0.25) is 5.15 Å². The molecule has 0 aliphatic heterocycles. The van der Waals surface area contributed by atoms with Crippen LogP contribution < -0.4 is 5.32 Å². The Balaban J connectivity index is 2.50. The van der Waals surface area contributed by atoms with Gasteiger partial charge in [-0.3, -0.25) is 0 Å². The maximum Gasteiger partial charge on any atom is 0.128 e. The molecule has 1 aromatic heterocycles. The Morgan fingerprint density at radius 2 is 2.14 bits per heavy atom. The zero-order valence-corrected chi connectivity index (χ0v) is 9.97. The summed E-state index contributed by atoms with van der Waals surface area (Å²) < 4.78 is 1.89. The van der Waals surface area contributed by atoms with Gasteiger partial charge in [0.05, 0.1) is 12.7 Å². The summed E-state index contributed by atoms with van der Waals surface area (Å²) in [6.45, 7) is 7.34. The second-order valence-electron chi connectivity index (χ2n) is 3.97. The molecule has 0 amide bonds. The second kappa shape index (κ2) is 4.80. The van der Waals surface area contributed by atoms with Crippen molar-refractivity contribution >= 4 is 11.6 Å². The predicted molar refractivity (Wildman–Crippen MR) is 59.4 cm³/mol. The minimum atomic E-state index is 0.491. The van der Waals surface area contributed by atoms with Crippen LogP contribution in [0.1, 0.15) is 26.6 Å². The van der Waals surface area contributed by atoms with Crippen LogP contribution in [0.3, 0.4) is 0 Å². The van der Waals surface area contributed by atoms with Crippen LogP contribution in [0, 0.1) is 5.92 Å². The van der Waals surface area contributed by atoms with Gasteiger partial charge in [0.15, 0.2) is 0 Å². The highest BCUT2D eigenvalue weighted by Gasteiger charge is 2.08. The Morgan fingerprint density at radius 1 is 1.50 bits per heavy atom. The van der Waals surface area contributed by atoms with Gasteiger partial charge < -0.3 is 9.88 Å². The first kappa shape index (κ1) is 11.5. The average Bonchev–Trinajstić information content (AvgIpc) is 2.44. The van der Waals surface area contributed by atoms with Gasteiger partial charge >= 0.3 is 0 Å². The molecule has 0 aromatic carbocycles. The number of aromatic nitrogens is 2. The number of nitrogens with one attached hydrogen (secondary N) is 1. The van der Waals surface area contributed by atoms with Crippen molar-refractivity contribution in [2.24, 2.45) is 13.0 Å². The fourth-order valence-corrected chi connectivity index (χ4v) is 1.22. The van der Waals surface area contributed by atoms with Gasteiger partial charge in [-0.2, -0.15) is 0 Å². The Labute approximate surface area is 90.5 Å². The van der Waals surface area contributed by atoms with Crippen molar-refractivity contribution in [2.45, 2.75) is 33.4 Å². The lowest BCUT2D eigenvalue weighted by Crippen LogP contribution is -2.31. The lowest BCUT2D eigenvalue weighted by atomic mass is 10.1. The Morgan fingerprint density at radius 3 is 2.57 bits per heavy atom. The highest BCUT2D eigenvalue weighted by atomic mass is 35.5. The topological polar surface area (TPSA) is 29.9 Å². The molecule has 0 saturated carbocycles. The summed E-state index contributed by atoms with van der Waals surface area (Å²) in [5, 5.41) is 4.09. The van der Waals surface area contributed by atoms with Crippen molar-refractivity contribution in [1.82, 2.24) is 14.9 Å². The van der Waals surface area contributed by atoms with Crippen molar-refractivity contribution in [1.29, 1.82) is 0 Å². The molecule has 1 aromatic rings. The molecule has 0 radical (unpaired) electrons. The van der Waals surface area contributed by atoms with E-state index in [1.165, 1.54) is 0 Å². The molecule has 0 spiro atoms. The molecule has 4 heteroatoms. The maximum atomic E-state index is 5.88. The standard InChI is InChI=1S/C10H18ClN3/c1-7(2)8(3)12-6-10-13-5-9(11)14(10)4/h5,7-8,12H,6H2,1-4H3. The average molecular weight is 216 g/mol. The lowest BCUT2D eigenvalue weighted by Gasteiger charge is -2.17. The largest absolute Gasteiger partial charge is 0.321 e. The predicted octanol–water partition coefficient (Wildman–Crippen LogP) is 2.21. The Kier molecular flexibility index (Phi) is 3.96. The first-order valence-corrected chi connectivity index (χ1v) is 5.29. The van der Waals surface area contributed by atoms with Crippen LogP contribution in [0.5, 0.6) is 0 Å². The molecule has 0 saturated heterocycles. The van der Waals surface area contributed by atoms with Crippen molar-refractivity contribution in [3.63, 3.8) is 0 Å². The summed E-state index contributed by atoms with van der Waals surface area (Å²) >= 11 is 5.88. The van der Waals surface area contributed by atoms with Crippen LogP contribution in [0.25, 0.3) is 0 Å². The molecule has 0 aliphatic rings. The summed E-state index contributed by atoms with van der Waals surface area (Å²) in [6.07, 6.45) is 1.68. The van der Waals surface area contributed by atoms with E-state index >= 15 is 0 Å². The normalized spacial score (nSPS) is 13.6. The summed E-state index contributed by atoms with van der Waals surface area (Å²) in [5.74, 6) is 1.60. The number of hydrogen-bond donors (Lipinski definition) is 1. The van der Waals surface area contributed by atoms with Crippen molar-refractivity contribution in [3.8, 4) is 0 Å². The van der Waals surface area contributed by atoms with E-state index < -0.39 is 0 Å². The zero-order chi connectivity index (χ0) is 10.7. The van der Waals surface area contributed by atoms with Crippen molar-refractivity contribution in [3.05, 3.63) is 17.2 Å². The van der Waals surface area contributed by atoms with E-state index in [-0.39, 0.29) is 0 Å². The number of imidazole rings is 1. The van der Waals surface area contributed by atoms with Crippen molar-refractivity contribution in [2.75, 3.05) is 0 Å². The van der Waals surface area contributed by atoms with E-state index in [9.17, 15) is 0 Å². The van der Waals surface area contributed by atoms with Crippen LogP contribution in [0.4, 0.5) is 0 Å². The first-order chi connectivity index (χ1) is 6.52. The summed E-state index contributed by atoms with van der Waals surface area (Å²) in [6, 6.07) is 0.491. The van der Waals surface area contributed by atoms with Crippen LogP contribution in [-0.4, -0.2) is 15.6 Å². The van der Waals surface area contributed by atoms with Gasteiger partial charge in [-0.25, -0.2) is 4.98 Å². The molecule has 3 nitrogen and oxygen atoms in total. The Hall–Kier alpha value is -0.540. The smallest absolute Gasteiger partial charge is 0.128 e. The van der Waals surface area contributed by atoms with Gasteiger partial charge in [-0.05, 0) is 12.8 Å². The van der Waals surface area contributed by atoms with E-state index in [1.807, 2.05) is 11.6 Å². The van der Waals surface area contributed by atoms with Crippen LogP contribution in [-0.2, 0) is 13.6 Å². The molecular formula is C10H18ClN3. The van der Waals surface area contributed by atoms with E-state index in [1.54, 1.807) is 6.20 Å². The van der Waals surface area contributed by atoms with E-state index in [2.05, 4.69) is 31.1 Å². The number of halogens is 1. The molecule has 1 unspecified atom stereocenters. The van der Waals surface area contributed by atoms with Gasteiger partial charge in [-0.1, -0.05) is 25.4 Å². The molecule has 1 N–H and O–H groups in total. The minimum Gasteiger partial charge on any atom is -0.321 e. The second-order valence-corrected chi connectivity index (χ2v) is 4.36. The molecule has 0 bridgehead atoms. The third-order valence-corrected chi connectivity index (χ3v) is 2.96. The monoisotopic (exact) mass is 215 g/mol. The molecule has 14 heavy (non-hydrogen) atoms. The van der Waals surface area contributed by atoms with Gasteiger partial charge in [0.1, 0.15) is 11.0 Å². The van der Waals surface area contributed by atoms with E-state index in [0.717, 1.165) is 12.4 Å². The van der Waals surface area contributed by atoms with Crippen molar-refractivity contribution < 1.29 is 0 Å². The highest BCUT2D eigenvalue weighted by Crippen LogP contribution is 2.09. The number of rotatable bonds is 4. The molecule has 0 aliphatic carbocycles. The molecule has 1 heterocycles. The summed E-state index contributed by atoms with van der Waals surface area (Å²) in [5.41, 5.74) is 0. The molecule has 0 fully saturated rings. The Bertz CT molecular complexity index is 294. The third-order valence-electron chi connectivity index (χ3n) is 2.61. The molecule has 1 rings (SSSR count). The maximum absolute atomic E-state index is 5.88. The zero-order valence-electron chi connectivity index (χ0n) is 9.21. The number of hydrogen-bond acceptors (Lipinski definition) is 2. The van der Waals surface area contributed by atoms with Gasteiger partial charge in [0, 0.05) is 13.1 Å². The molecule has 80 valence electrons. The SMILES string of the molecule is CC(C)C(C)NCc1ncc(Cl)n1C. The minimum absolute atomic E-state index is 0.491. The third kappa shape index (κ3) is 2.72. The van der Waals surface area contributed by atoms with Gasteiger partial charge in [0.25, 0.3) is 0 Å². The molecule has 1 atom stereocenters. The fourth-order valence-electron chi connectivity index (χ4n) is 1.08. The van der Waals surface area contributed by atoms with Crippen LogP contribution in [0.15, 0.2) is 6.20 Å². The first-order valence-electron chi connectivity index (χ1n) is 4.92. The van der Waals surface area contributed by atoms with E-state index in [0.29, 0.717) is 17.1 Å². The highest BCUT2D eigenvalue weighted by molar-refractivity contribution is 6.29. The summed E-state index contributed by atoms with van der Waals surface area (Å²) in [7, 11) is 1.92. The summed E-state index contributed by atoms with van der Waals surface area (Å²) in [4.78, 5) is 4.22. The van der Waals surface area contributed by atoms with Gasteiger partial charge in [-0.15, -0.1) is 0 Å².